The summed E-state index contributed by atoms with van der Waals surface area (Å²) in [5.74, 6) is 0.521. The molecule has 1 aliphatic rings. The van der Waals surface area contributed by atoms with Crippen LogP contribution < -0.4 is 11.0 Å². The molecule has 0 atom stereocenters. The first-order chi connectivity index (χ1) is 12.8. The SMILES string of the molecule is O=c1c2ccccc2nc(N/N=C/c2ccccc2)n1C1CCCCC1. The van der Waals surface area contributed by atoms with E-state index in [2.05, 4.69) is 15.5 Å². The van der Waals surface area contributed by atoms with Gasteiger partial charge >= 0.3 is 0 Å². The first-order valence-electron chi connectivity index (χ1n) is 9.18. The van der Waals surface area contributed by atoms with Crippen molar-refractivity contribution in [2.45, 2.75) is 38.1 Å². The van der Waals surface area contributed by atoms with E-state index in [-0.39, 0.29) is 11.6 Å². The zero-order valence-electron chi connectivity index (χ0n) is 14.6. The fourth-order valence-corrected chi connectivity index (χ4v) is 3.61. The van der Waals surface area contributed by atoms with Gasteiger partial charge in [0.1, 0.15) is 0 Å². The van der Waals surface area contributed by atoms with E-state index in [1.54, 1.807) is 6.21 Å². The van der Waals surface area contributed by atoms with Gasteiger partial charge in [-0.25, -0.2) is 10.4 Å². The van der Waals surface area contributed by atoms with Crippen LogP contribution in [0.1, 0.15) is 43.7 Å². The van der Waals surface area contributed by atoms with E-state index in [9.17, 15) is 4.79 Å². The van der Waals surface area contributed by atoms with E-state index in [0.717, 1.165) is 31.2 Å². The molecule has 1 saturated carbocycles. The molecule has 3 aromatic rings. The Morgan fingerprint density at radius 2 is 1.73 bits per heavy atom. The number of benzene rings is 2. The van der Waals surface area contributed by atoms with Gasteiger partial charge < -0.3 is 0 Å². The van der Waals surface area contributed by atoms with Crippen LogP contribution in [0.3, 0.4) is 0 Å². The maximum Gasteiger partial charge on any atom is 0.263 e. The van der Waals surface area contributed by atoms with Gasteiger partial charge in [0, 0.05) is 6.04 Å². The van der Waals surface area contributed by atoms with Gasteiger partial charge in [0.25, 0.3) is 5.56 Å². The summed E-state index contributed by atoms with van der Waals surface area (Å²) < 4.78 is 1.81. The fourth-order valence-electron chi connectivity index (χ4n) is 3.61. The van der Waals surface area contributed by atoms with Gasteiger partial charge in [0.2, 0.25) is 5.95 Å². The van der Waals surface area contributed by atoms with Gasteiger partial charge in [-0.1, -0.05) is 61.7 Å². The molecular formula is C21H22N4O. The second-order valence-electron chi connectivity index (χ2n) is 6.70. The molecule has 5 nitrogen and oxygen atoms in total. The molecule has 2 aromatic carbocycles. The predicted octanol–water partition coefficient (Wildman–Crippen LogP) is 4.35. The van der Waals surface area contributed by atoms with Crippen LogP contribution in [-0.4, -0.2) is 15.8 Å². The lowest BCUT2D eigenvalue weighted by molar-refractivity contribution is 0.348. The van der Waals surface area contributed by atoms with Crippen LogP contribution in [0, 0.1) is 0 Å². The maximum atomic E-state index is 13.1. The lowest BCUT2D eigenvalue weighted by Gasteiger charge is -2.25. The Morgan fingerprint density at radius 3 is 2.54 bits per heavy atom. The van der Waals surface area contributed by atoms with Crippen molar-refractivity contribution in [2.75, 3.05) is 5.43 Å². The minimum Gasteiger partial charge on any atom is -0.274 e. The number of hydrogen-bond acceptors (Lipinski definition) is 4. The summed E-state index contributed by atoms with van der Waals surface area (Å²) in [7, 11) is 0. The number of nitrogens with zero attached hydrogens (tertiary/aromatic N) is 3. The Kier molecular flexibility index (Phi) is 4.78. The van der Waals surface area contributed by atoms with Crippen LogP contribution >= 0.6 is 0 Å². The molecule has 0 radical (unpaired) electrons. The molecule has 0 unspecified atom stereocenters. The molecule has 1 aliphatic carbocycles. The van der Waals surface area contributed by atoms with Gasteiger partial charge in [-0.05, 0) is 30.5 Å². The minimum absolute atomic E-state index is 0.0138. The molecule has 132 valence electrons. The van der Waals surface area contributed by atoms with Crippen molar-refractivity contribution in [1.29, 1.82) is 0 Å². The Labute approximate surface area is 152 Å². The summed E-state index contributed by atoms with van der Waals surface area (Å²) >= 11 is 0. The van der Waals surface area contributed by atoms with Gasteiger partial charge in [-0.2, -0.15) is 5.10 Å². The van der Waals surface area contributed by atoms with Gasteiger partial charge in [0.05, 0.1) is 17.1 Å². The second kappa shape index (κ2) is 7.52. The highest BCUT2D eigenvalue weighted by molar-refractivity contribution is 5.81. The number of fused-ring (bicyclic) bond motifs is 1. The van der Waals surface area contributed by atoms with Crippen molar-refractivity contribution < 1.29 is 0 Å². The van der Waals surface area contributed by atoms with Crippen LogP contribution in [-0.2, 0) is 0 Å². The number of rotatable bonds is 4. The Morgan fingerprint density at radius 1 is 1.00 bits per heavy atom. The van der Waals surface area contributed by atoms with Crippen molar-refractivity contribution in [1.82, 2.24) is 9.55 Å². The molecule has 4 rings (SSSR count). The van der Waals surface area contributed by atoms with E-state index in [1.165, 1.54) is 6.42 Å². The lowest BCUT2D eigenvalue weighted by atomic mass is 9.95. The van der Waals surface area contributed by atoms with Crippen LogP contribution in [0.15, 0.2) is 64.5 Å². The molecule has 5 heteroatoms. The summed E-state index contributed by atoms with van der Waals surface area (Å²) in [5.41, 5.74) is 4.72. The van der Waals surface area contributed by atoms with Crippen LogP contribution in [0.2, 0.25) is 0 Å². The number of hydrogen-bond donors (Lipinski definition) is 1. The van der Waals surface area contributed by atoms with Crippen LogP contribution in [0.25, 0.3) is 10.9 Å². The van der Waals surface area contributed by atoms with Crippen molar-refractivity contribution in [3.8, 4) is 0 Å². The third-order valence-corrected chi connectivity index (χ3v) is 4.93. The highest BCUT2D eigenvalue weighted by atomic mass is 16.1. The molecule has 0 aliphatic heterocycles. The van der Waals surface area contributed by atoms with Gasteiger partial charge in [0.15, 0.2) is 0 Å². The molecule has 1 fully saturated rings. The second-order valence-corrected chi connectivity index (χ2v) is 6.70. The topological polar surface area (TPSA) is 59.3 Å². The van der Waals surface area contributed by atoms with Crippen molar-refractivity contribution in [3.63, 3.8) is 0 Å². The van der Waals surface area contributed by atoms with Crippen LogP contribution in [0.4, 0.5) is 5.95 Å². The number of anilines is 1. The van der Waals surface area contributed by atoms with Gasteiger partial charge in [-0.3, -0.25) is 9.36 Å². The predicted molar refractivity (Wildman–Crippen MR) is 106 cm³/mol. The number of aromatic nitrogens is 2. The number of para-hydroxylation sites is 1. The lowest BCUT2D eigenvalue weighted by Crippen LogP contribution is -2.29. The molecule has 0 saturated heterocycles. The Balaban J connectivity index is 1.73. The molecule has 0 spiro atoms. The van der Waals surface area contributed by atoms with E-state index in [0.29, 0.717) is 16.9 Å². The standard InChI is InChI=1S/C21H22N4O/c26-20-18-13-7-8-14-19(18)23-21(25(20)17-11-5-2-6-12-17)24-22-15-16-9-3-1-4-10-16/h1,3-4,7-10,13-15,17H,2,5-6,11-12H2,(H,23,24)/b22-15+. The molecule has 0 bridgehead atoms. The molecule has 1 heterocycles. The third kappa shape index (κ3) is 3.38. The average Bonchev–Trinajstić information content (AvgIpc) is 2.70. The number of hydrazone groups is 1. The zero-order valence-corrected chi connectivity index (χ0v) is 14.6. The molecule has 0 amide bonds. The normalized spacial score (nSPS) is 15.5. The molecule has 1 aromatic heterocycles. The average molecular weight is 346 g/mol. The summed E-state index contributed by atoms with van der Waals surface area (Å²) in [5, 5.41) is 4.98. The quantitative estimate of drug-likeness (QED) is 0.564. The van der Waals surface area contributed by atoms with Crippen molar-refractivity contribution >= 4 is 23.1 Å². The van der Waals surface area contributed by atoms with Crippen molar-refractivity contribution in [2.24, 2.45) is 5.10 Å². The summed E-state index contributed by atoms with van der Waals surface area (Å²) in [6.45, 7) is 0. The highest BCUT2D eigenvalue weighted by Gasteiger charge is 2.21. The first kappa shape index (κ1) is 16.5. The summed E-state index contributed by atoms with van der Waals surface area (Å²) in [6.07, 6.45) is 7.30. The van der Waals surface area contributed by atoms with Crippen LogP contribution in [0.5, 0.6) is 0 Å². The Bertz CT molecular complexity index is 972. The summed E-state index contributed by atoms with van der Waals surface area (Å²) in [6, 6.07) is 17.5. The largest absolute Gasteiger partial charge is 0.274 e. The summed E-state index contributed by atoms with van der Waals surface area (Å²) in [4.78, 5) is 17.8. The Hall–Kier alpha value is -2.95. The minimum atomic E-state index is 0.0138. The monoisotopic (exact) mass is 346 g/mol. The van der Waals surface area contributed by atoms with E-state index < -0.39 is 0 Å². The maximum absolute atomic E-state index is 13.1. The van der Waals surface area contributed by atoms with E-state index in [1.807, 2.05) is 59.2 Å². The number of nitrogens with one attached hydrogen (secondary N) is 1. The van der Waals surface area contributed by atoms with E-state index >= 15 is 0 Å². The molecule has 26 heavy (non-hydrogen) atoms. The first-order valence-corrected chi connectivity index (χ1v) is 9.18. The van der Waals surface area contributed by atoms with Crippen molar-refractivity contribution in [3.05, 3.63) is 70.5 Å². The van der Waals surface area contributed by atoms with Gasteiger partial charge in [-0.15, -0.1) is 0 Å². The molecular weight excluding hydrogens is 324 g/mol. The molecule has 1 N–H and O–H groups in total. The smallest absolute Gasteiger partial charge is 0.263 e. The zero-order chi connectivity index (χ0) is 17.8. The third-order valence-electron chi connectivity index (χ3n) is 4.93. The van der Waals surface area contributed by atoms with E-state index in [4.69, 9.17) is 0 Å². The highest BCUT2D eigenvalue weighted by Crippen LogP contribution is 2.29. The fraction of sp³-hybridized carbons (Fsp3) is 0.286.